The molecule has 100 valence electrons. The highest BCUT2D eigenvalue weighted by molar-refractivity contribution is 7.14. The Balaban J connectivity index is 2.14. The maximum Gasteiger partial charge on any atom is 0.277 e. The Morgan fingerprint density at radius 3 is 2.58 bits per heavy atom. The molecule has 0 fully saturated rings. The summed E-state index contributed by atoms with van der Waals surface area (Å²) in [5.74, 6) is 0.0493. The van der Waals surface area contributed by atoms with Crippen LogP contribution >= 0.6 is 11.3 Å². The van der Waals surface area contributed by atoms with Gasteiger partial charge in [-0.05, 0) is 6.08 Å². The highest BCUT2D eigenvalue weighted by Crippen LogP contribution is 2.15. The van der Waals surface area contributed by atoms with Gasteiger partial charge in [0.2, 0.25) is 5.89 Å². The van der Waals surface area contributed by atoms with E-state index in [1.807, 2.05) is 6.08 Å². The predicted octanol–water partition coefficient (Wildman–Crippen LogP) is 1.95. The monoisotopic (exact) mass is 293 g/mol. The van der Waals surface area contributed by atoms with Gasteiger partial charge in [-0.1, -0.05) is 19.6 Å². The van der Waals surface area contributed by atoms with Crippen LogP contribution in [0.4, 0.5) is 0 Å². The van der Waals surface area contributed by atoms with Gasteiger partial charge in [-0.15, -0.1) is 11.3 Å². The molecule has 1 amide bonds. The zero-order chi connectivity index (χ0) is 14.0. The number of nitrogens with zero attached hydrogens (tertiary/aromatic N) is 2. The minimum Gasteiger partial charge on any atom is -0.447 e. The van der Waals surface area contributed by atoms with E-state index in [0.717, 1.165) is 10.3 Å². The van der Waals surface area contributed by atoms with Crippen molar-refractivity contribution in [1.82, 2.24) is 9.97 Å². The molecular formula is C12H15N3O2SSi. The fourth-order valence-corrected chi connectivity index (χ4v) is 2.88. The molecule has 0 saturated heterocycles. The van der Waals surface area contributed by atoms with Crippen LogP contribution in [0.5, 0.6) is 0 Å². The molecular weight excluding hydrogens is 278 g/mol. The zero-order valence-electron chi connectivity index (χ0n) is 11.0. The summed E-state index contributed by atoms with van der Waals surface area (Å²) in [7, 11) is -1.47. The van der Waals surface area contributed by atoms with Gasteiger partial charge in [-0.25, -0.2) is 9.97 Å². The van der Waals surface area contributed by atoms with Crippen LogP contribution < -0.4 is 11.1 Å². The fraction of sp³-hybridized carbons (Fsp3) is 0.250. The van der Waals surface area contributed by atoms with E-state index in [1.54, 1.807) is 18.5 Å². The second kappa shape index (κ2) is 5.10. The van der Waals surface area contributed by atoms with Crippen molar-refractivity contribution in [1.29, 1.82) is 0 Å². The Kier molecular flexibility index (Phi) is 3.68. The first-order valence-electron chi connectivity index (χ1n) is 5.76. The van der Waals surface area contributed by atoms with Crippen LogP contribution in [0, 0.1) is 0 Å². The summed E-state index contributed by atoms with van der Waals surface area (Å²) in [5, 5.41) is 1.27. The highest BCUT2D eigenvalue weighted by atomic mass is 32.1. The van der Waals surface area contributed by atoms with Gasteiger partial charge >= 0.3 is 0 Å². The normalized spacial score (nSPS) is 12.2. The maximum absolute atomic E-state index is 10.9. The average molecular weight is 293 g/mol. The minimum atomic E-state index is -1.47. The van der Waals surface area contributed by atoms with E-state index < -0.39 is 14.0 Å². The number of aromatic nitrogens is 2. The molecule has 0 aromatic carbocycles. The van der Waals surface area contributed by atoms with Gasteiger partial charge in [0.25, 0.3) is 5.91 Å². The van der Waals surface area contributed by atoms with Crippen molar-refractivity contribution in [2.24, 2.45) is 5.73 Å². The smallest absolute Gasteiger partial charge is 0.277 e. The summed E-state index contributed by atoms with van der Waals surface area (Å²) in [6, 6.07) is 0. The van der Waals surface area contributed by atoms with Crippen molar-refractivity contribution in [3.05, 3.63) is 28.2 Å². The number of thiazole rings is 1. The second-order valence-corrected chi connectivity index (χ2v) is 11.1. The third kappa shape index (κ3) is 3.39. The molecule has 2 heterocycles. The summed E-state index contributed by atoms with van der Waals surface area (Å²) < 4.78 is 5.68. The summed E-state index contributed by atoms with van der Waals surface area (Å²) >= 11 is 1.24. The molecule has 2 N–H and O–H groups in total. The van der Waals surface area contributed by atoms with Crippen LogP contribution in [0.15, 0.2) is 16.8 Å². The molecule has 19 heavy (non-hydrogen) atoms. The number of amides is 1. The number of hydrogen-bond acceptors (Lipinski definition) is 5. The Bertz CT molecular complexity index is 625. The van der Waals surface area contributed by atoms with Gasteiger partial charge in [0.15, 0.2) is 5.01 Å². The van der Waals surface area contributed by atoms with Gasteiger partial charge in [0.1, 0.15) is 13.5 Å². The minimum absolute atomic E-state index is 0.301. The highest BCUT2D eigenvalue weighted by Gasteiger charge is 2.21. The van der Waals surface area contributed by atoms with Crippen LogP contribution in [0.25, 0.3) is 12.2 Å². The summed E-state index contributed by atoms with van der Waals surface area (Å²) in [5.41, 5.74) is 5.14. The van der Waals surface area contributed by atoms with E-state index in [2.05, 4.69) is 29.6 Å². The van der Waals surface area contributed by atoms with Gasteiger partial charge in [-0.2, -0.15) is 0 Å². The van der Waals surface area contributed by atoms with Gasteiger partial charge in [0, 0.05) is 17.2 Å². The van der Waals surface area contributed by atoms with Crippen molar-refractivity contribution < 1.29 is 9.21 Å². The summed E-state index contributed by atoms with van der Waals surface area (Å²) in [6.45, 7) is 6.59. The first kappa shape index (κ1) is 13.7. The lowest BCUT2D eigenvalue weighted by Crippen LogP contribution is -2.36. The third-order valence-electron chi connectivity index (χ3n) is 2.39. The van der Waals surface area contributed by atoms with E-state index in [1.165, 1.54) is 11.3 Å². The molecule has 2 aromatic heterocycles. The molecule has 0 atom stereocenters. The number of hydrogen-bond donors (Lipinski definition) is 1. The molecule has 0 unspecified atom stereocenters. The van der Waals surface area contributed by atoms with Crippen LogP contribution in [0.3, 0.4) is 0 Å². The van der Waals surface area contributed by atoms with Crippen molar-refractivity contribution in [3.8, 4) is 0 Å². The van der Waals surface area contributed by atoms with Crippen LogP contribution in [-0.2, 0) is 0 Å². The summed E-state index contributed by atoms with van der Waals surface area (Å²) in [6.07, 6.45) is 6.96. The topological polar surface area (TPSA) is 82.0 Å². The van der Waals surface area contributed by atoms with E-state index in [4.69, 9.17) is 10.2 Å². The number of carbonyl (C=O) groups is 1. The van der Waals surface area contributed by atoms with E-state index in [9.17, 15) is 4.79 Å². The Labute approximate surface area is 116 Å². The van der Waals surface area contributed by atoms with Crippen LogP contribution in [-0.4, -0.2) is 23.9 Å². The van der Waals surface area contributed by atoms with E-state index in [0.29, 0.717) is 10.9 Å². The average Bonchev–Trinajstić information content (AvgIpc) is 2.95. The van der Waals surface area contributed by atoms with Gasteiger partial charge in [0.05, 0.1) is 6.20 Å². The first-order valence-corrected chi connectivity index (χ1v) is 10.1. The molecule has 0 radical (unpaired) electrons. The molecule has 5 nitrogen and oxygen atoms in total. The number of oxazole rings is 1. The fourth-order valence-electron chi connectivity index (χ4n) is 1.34. The molecule has 2 rings (SSSR count). The molecule has 0 spiro atoms. The maximum atomic E-state index is 10.9. The van der Waals surface area contributed by atoms with Gasteiger partial charge in [-0.3, -0.25) is 4.79 Å². The molecule has 7 heteroatoms. The molecule has 2 aromatic rings. The Hall–Kier alpha value is -1.73. The molecule has 0 aliphatic heterocycles. The van der Waals surface area contributed by atoms with Gasteiger partial charge < -0.3 is 10.2 Å². The van der Waals surface area contributed by atoms with E-state index >= 15 is 0 Å². The van der Waals surface area contributed by atoms with Crippen molar-refractivity contribution in [2.75, 3.05) is 0 Å². The number of rotatable bonds is 4. The lowest BCUT2D eigenvalue weighted by atomic mass is 10.4. The Morgan fingerprint density at radius 2 is 2.05 bits per heavy atom. The molecule has 0 bridgehead atoms. The van der Waals surface area contributed by atoms with Crippen molar-refractivity contribution in [2.45, 2.75) is 19.6 Å². The molecule has 0 saturated carbocycles. The van der Waals surface area contributed by atoms with E-state index in [-0.39, 0.29) is 0 Å². The number of nitrogens with two attached hydrogens (primary N) is 1. The predicted molar refractivity (Wildman–Crippen MR) is 79.0 cm³/mol. The lowest BCUT2D eigenvalue weighted by Gasteiger charge is -2.09. The zero-order valence-corrected chi connectivity index (χ0v) is 12.8. The van der Waals surface area contributed by atoms with Crippen LogP contribution in [0.2, 0.25) is 19.6 Å². The number of carbonyl (C=O) groups excluding carboxylic acids is 1. The van der Waals surface area contributed by atoms with Crippen molar-refractivity contribution in [3.63, 3.8) is 0 Å². The van der Waals surface area contributed by atoms with Crippen LogP contribution in [0.1, 0.15) is 20.6 Å². The Morgan fingerprint density at radius 1 is 1.32 bits per heavy atom. The third-order valence-corrected chi connectivity index (χ3v) is 5.07. The SMILES string of the molecule is C[Si](C)(C)c1cnc(C=Cc2cnc(C(N)=O)s2)o1. The van der Waals surface area contributed by atoms with Crippen molar-refractivity contribution >= 4 is 42.9 Å². The lowest BCUT2D eigenvalue weighted by molar-refractivity contribution is 0.1000. The first-order chi connectivity index (χ1) is 8.86. The quantitative estimate of drug-likeness (QED) is 0.873. The largest absolute Gasteiger partial charge is 0.447 e. The summed E-state index contributed by atoms with van der Waals surface area (Å²) in [4.78, 5) is 19.9. The second-order valence-electron chi connectivity index (χ2n) is 5.08. The molecule has 0 aliphatic carbocycles. The number of primary amides is 1. The standard InChI is InChI=1S/C12H15N3O2SSi/c1-19(2,3)10-7-14-9(17-10)5-4-8-6-15-12(18-8)11(13)16/h4-7H,1-3H3,(H2,13,16). The molecule has 0 aliphatic rings.